The molecule has 0 aliphatic heterocycles. The lowest BCUT2D eigenvalue weighted by atomic mass is 9.92. The minimum absolute atomic E-state index is 0.159. The lowest BCUT2D eigenvalue weighted by molar-refractivity contribution is -0.156. The van der Waals surface area contributed by atoms with Gasteiger partial charge >= 0.3 is 6.18 Å². The Kier molecular flexibility index (Phi) is 13.7. The van der Waals surface area contributed by atoms with Crippen LogP contribution in [0, 0.1) is 5.41 Å². The normalized spacial score (nSPS) is 12.5. The number of amides is 2. The predicted octanol–water partition coefficient (Wildman–Crippen LogP) is 2.65. The number of guanidine groups is 1. The molecule has 2 rings (SSSR count). The molecule has 0 radical (unpaired) electrons. The Labute approximate surface area is 258 Å². The number of rotatable bonds is 14. The summed E-state index contributed by atoms with van der Waals surface area (Å²) in [6, 6.07) is 10.5. The van der Waals surface area contributed by atoms with Crippen molar-refractivity contribution in [1.82, 2.24) is 10.2 Å². The molecule has 0 saturated carbocycles. The van der Waals surface area contributed by atoms with Crippen molar-refractivity contribution >= 4 is 41.1 Å². The maximum absolute atomic E-state index is 12.8. The van der Waals surface area contributed by atoms with E-state index in [-0.39, 0.29) is 30.6 Å². The fraction of sp³-hybridized carbons (Fsp3) is 0.429. The molecule has 0 aliphatic carbocycles. The molecule has 9 N–H and O–H groups in total. The maximum Gasteiger partial charge on any atom is 0.422 e. The average molecular weight is 643 g/mol. The number of nitrogens with one attached hydrogen (secondary N) is 1. The SMILES string of the molecule is CC(C)(CNC(=O)c1ccc(N=C(N)N=C(N)OCC(F)(F)F)cc1)CN(CCCOc1ccc(CN)cc1Cl)C(=O)CN. The number of benzene rings is 2. The molecule has 0 fully saturated rings. The van der Waals surface area contributed by atoms with Gasteiger partial charge in [0.2, 0.25) is 11.9 Å². The Morgan fingerprint density at radius 1 is 1.07 bits per heavy atom. The molecular weight excluding hydrogens is 605 g/mol. The van der Waals surface area contributed by atoms with Gasteiger partial charge in [-0.25, -0.2) is 4.99 Å². The molecule has 12 nitrogen and oxygen atoms in total. The van der Waals surface area contributed by atoms with Crippen LogP contribution in [0.3, 0.4) is 0 Å². The standard InChI is InChI=1S/C28H38ClF3N8O4/c1-27(2,16-40(23(41)14-34)10-3-11-43-22-9-4-18(13-33)12-21(22)29)15-37-24(42)19-5-7-20(8-6-19)38-25(35)39-26(36)44-17-28(30,31)32/h4-9,12H,3,10-11,13-17,33-34H2,1-2H3,(H,37,42)(H4,35,36,38,39). The third-order valence-corrected chi connectivity index (χ3v) is 6.21. The predicted molar refractivity (Wildman–Crippen MR) is 163 cm³/mol. The Bertz CT molecular complexity index is 1320. The summed E-state index contributed by atoms with van der Waals surface area (Å²) in [6.45, 7) is 3.70. The molecule has 0 saturated heterocycles. The van der Waals surface area contributed by atoms with Gasteiger partial charge in [-0.05, 0) is 53.8 Å². The van der Waals surface area contributed by atoms with E-state index in [0.29, 0.717) is 49.0 Å². The number of carbonyl (C=O) groups is 2. The van der Waals surface area contributed by atoms with E-state index in [2.05, 4.69) is 20.0 Å². The summed E-state index contributed by atoms with van der Waals surface area (Å²) in [5.41, 5.74) is 23.1. The summed E-state index contributed by atoms with van der Waals surface area (Å²) in [4.78, 5) is 34.3. The Morgan fingerprint density at radius 3 is 2.34 bits per heavy atom. The first-order valence-corrected chi connectivity index (χ1v) is 13.9. The second kappa shape index (κ2) is 16.7. The van der Waals surface area contributed by atoms with Crippen LogP contribution in [0.1, 0.15) is 36.2 Å². The van der Waals surface area contributed by atoms with Crippen LogP contribution in [0.25, 0.3) is 0 Å². The summed E-state index contributed by atoms with van der Waals surface area (Å²) < 4.78 is 46.6. The largest absolute Gasteiger partial charge is 0.492 e. The third kappa shape index (κ3) is 13.1. The zero-order valence-electron chi connectivity index (χ0n) is 24.5. The third-order valence-electron chi connectivity index (χ3n) is 5.92. The molecule has 0 atom stereocenters. The van der Waals surface area contributed by atoms with E-state index in [4.69, 9.17) is 39.3 Å². The van der Waals surface area contributed by atoms with E-state index < -0.39 is 30.2 Å². The van der Waals surface area contributed by atoms with Crippen molar-refractivity contribution in [3.63, 3.8) is 0 Å². The molecule has 0 unspecified atom stereocenters. The summed E-state index contributed by atoms with van der Waals surface area (Å²) >= 11 is 6.23. The molecule has 2 aromatic rings. The molecule has 0 aromatic heterocycles. The second-order valence-corrected chi connectivity index (χ2v) is 10.8. The Balaban J connectivity index is 1.89. The van der Waals surface area contributed by atoms with Gasteiger partial charge in [0.1, 0.15) is 5.75 Å². The minimum Gasteiger partial charge on any atom is -0.492 e. The van der Waals surface area contributed by atoms with Crippen LogP contribution in [0.15, 0.2) is 52.4 Å². The van der Waals surface area contributed by atoms with E-state index in [0.717, 1.165) is 5.56 Å². The second-order valence-electron chi connectivity index (χ2n) is 10.4. The number of carbonyl (C=O) groups excluding carboxylic acids is 2. The van der Waals surface area contributed by atoms with Gasteiger partial charge in [0, 0.05) is 31.7 Å². The quantitative estimate of drug-likeness (QED) is 0.118. The number of halogens is 4. The van der Waals surface area contributed by atoms with E-state index >= 15 is 0 Å². The monoisotopic (exact) mass is 642 g/mol. The van der Waals surface area contributed by atoms with Gasteiger partial charge in [0.15, 0.2) is 6.61 Å². The number of hydrogen-bond donors (Lipinski definition) is 5. The maximum atomic E-state index is 12.8. The van der Waals surface area contributed by atoms with Crippen molar-refractivity contribution in [2.45, 2.75) is 33.0 Å². The van der Waals surface area contributed by atoms with Gasteiger partial charge in [-0.15, -0.1) is 0 Å². The van der Waals surface area contributed by atoms with Crippen molar-refractivity contribution in [2.24, 2.45) is 38.3 Å². The van der Waals surface area contributed by atoms with Crippen molar-refractivity contribution in [3.05, 3.63) is 58.6 Å². The van der Waals surface area contributed by atoms with Gasteiger partial charge in [-0.3, -0.25) is 9.59 Å². The molecule has 44 heavy (non-hydrogen) atoms. The van der Waals surface area contributed by atoms with E-state index in [1.54, 1.807) is 17.0 Å². The first-order valence-electron chi connectivity index (χ1n) is 13.5. The first kappa shape index (κ1) is 36.1. The summed E-state index contributed by atoms with van der Waals surface area (Å²) in [7, 11) is 0. The highest BCUT2D eigenvalue weighted by atomic mass is 35.5. The molecule has 0 bridgehead atoms. The van der Waals surface area contributed by atoms with E-state index in [1.165, 1.54) is 24.3 Å². The van der Waals surface area contributed by atoms with Crippen molar-refractivity contribution < 1.29 is 32.2 Å². The van der Waals surface area contributed by atoms with Gasteiger partial charge in [-0.1, -0.05) is 31.5 Å². The summed E-state index contributed by atoms with van der Waals surface area (Å²) in [5, 5.41) is 3.31. The lowest BCUT2D eigenvalue weighted by Gasteiger charge is -2.33. The number of nitrogens with two attached hydrogens (primary N) is 4. The number of ether oxygens (including phenoxy) is 2. The molecule has 16 heteroatoms. The highest BCUT2D eigenvalue weighted by Gasteiger charge is 2.29. The first-order chi connectivity index (χ1) is 20.6. The van der Waals surface area contributed by atoms with Gasteiger partial charge in [0.25, 0.3) is 11.9 Å². The number of aliphatic imine (C=N–C) groups is 2. The average Bonchev–Trinajstić information content (AvgIpc) is 2.96. The zero-order chi connectivity index (χ0) is 32.9. The van der Waals surface area contributed by atoms with Crippen LogP contribution in [-0.2, 0) is 16.1 Å². The zero-order valence-corrected chi connectivity index (χ0v) is 25.3. The fourth-order valence-electron chi connectivity index (χ4n) is 3.79. The molecule has 0 spiro atoms. The van der Waals surface area contributed by atoms with Gasteiger partial charge in [0.05, 0.1) is 23.9 Å². The Hall–Kier alpha value is -4.08. The van der Waals surface area contributed by atoms with Crippen LogP contribution in [0.4, 0.5) is 18.9 Å². The molecule has 2 amide bonds. The van der Waals surface area contributed by atoms with Crippen LogP contribution < -0.4 is 33.0 Å². The molecule has 0 aliphatic rings. The van der Waals surface area contributed by atoms with Crippen LogP contribution in [0.2, 0.25) is 5.02 Å². The Morgan fingerprint density at radius 2 is 1.75 bits per heavy atom. The molecule has 242 valence electrons. The lowest BCUT2D eigenvalue weighted by Crippen LogP contribution is -2.46. The smallest absolute Gasteiger partial charge is 0.422 e. The van der Waals surface area contributed by atoms with Gasteiger partial charge < -0.3 is 42.6 Å². The summed E-state index contributed by atoms with van der Waals surface area (Å²) in [6.07, 6.45) is -4.05. The number of amidine groups is 1. The highest BCUT2D eigenvalue weighted by Crippen LogP contribution is 2.25. The molecule has 2 aromatic carbocycles. The van der Waals surface area contributed by atoms with E-state index in [1.807, 2.05) is 19.9 Å². The van der Waals surface area contributed by atoms with Crippen molar-refractivity contribution in [1.29, 1.82) is 0 Å². The number of alkyl halides is 3. The highest BCUT2D eigenvalue weighted by molar-refractivity contribution is 6.32. The fourth-order valence-corrected chi connectivity index (χ4v) is 4.04. The van der Waals surface area contributed by atoms with Crippen LogP contribution in [-0.4, -0.2) is 74.3 Å². The van der Waals surface area contributed by atoms with Crippen molar-refractivity contribution in [3.8, 4) is 5.75 Å². The number of nitrogens with zero attached hydrogens (tertiary/aromatic N) is 3. The molecular formula is C28H38ClF3N8O4. The summed E-state index contributed by atoms with van der Waals surface area (Å²) in [5.74, 6) is -0.508. The minimum atomic E-state index is -4.58. The van der Waals surface area contributed by atoms with Crippen LogP contribution >= 0.6 is 11.6 Å². The number of hydrogen-bond acceptors (Lipinski definition) is 7. The topological polar surface area (TPSA) is 197 Å². The van der Waals surface area contributed by atoms with Crippen molar-refractivity contribution in [2.75, 3.05) is 39.4 Å². The van der Waals surface area contributed by atoms with Crippen LogP contribution in [0.5, 0.6) is 5.75 Å². The van der Waals surface area contributed by atoms with Gasteiger partial charge in [-0.2, -0.15) is 18.2 Å². The molecule has 0 heterocycles. The van der Waals surface area contributed by atoms with E-state index in [9.17, 15) is 22.8 Å².